The zero-order valence-corrected chi connectivity index (χ0v) is 18.3. The molecule has 0 aliphatic heterocycles. The zero-order chi connectivity index (χ0) is 24.0. The Morgan fingerprint density at radius 3 is 2.53 bits per heavy atom. The van der Waals surface area contributed by atoms with Crippen LogP contribution in [-0.4, -0.2) is 27.0 Å². The maximum atomic E-state index is 12.5. The van der Waals surface area contributed by atoms with Crippen LogP contribution in [0.4, 0.5) is 13.2 Å². The fourth-order valence-electron chi connectivity index (χ4n) is 4.33. The van der Waals surface area contributed by atoms with E-state index in [1.165, 1.54) is 12.1 Å². The smallest absolute Gasteiger partial charge is 0.478 e. The lowest BCUT2D eigenvalue weighted by Gasteiger charge is -2.13. The summed E-state index contributed by atoms with van der Waals surface area (Å²) in [6.45, 7) is 0. The van der Waals surface area contributed by atoms with Crippen LogP contribution in [0.2, 0.25) is 0 Å². The molecular formula is C26H21F3N2O3. The van der Waals surface area contributed by atoms with Gasteiger partial charge in [-0.15, -0.1) is 13.2 Å². The van der Waals surface area contributed by atoms with Gasteiger partial charge < -0.3 is 14.4 Å². The lowest BCUT2D eigenvalue weighted by atomic mass is 9.96. The van der Waals surface area contributed by atoms with Crippen LogP contribution in [-0.2, 0) is 13.5 Å². The number of ether oxygens (including phenoxy) is 1. The molecular weight excluding hydrogens is 445 g/mol. The van der Waals surface area contributed by atoms with Crippen LogP contribution >= 0.6 is 0 Å². The van der Waals surface area contributed by atoms with E-state index in [0.717, 1.165) is 46.0 Å². The average Bonchev–Trinajstić information content (AvgIpc) is 3.56. The molecule has 1 aliphatic rings. The first-order valence-electron chi connectivity index (χ1n) is 10.8. The molecule has 2 heterocycles. The zero-order valence-electron chi connectivity index (χ0n) is 18.3. The summed E-state index contributed by atoms with van der Waals surface area (Å²) in [5.74, 6) is -0.899. The topological polar surface area (TPSA) is 64.4 Å². The molecule has 34 heavy (non-hydrogen) atoms. The highest BCUT2D eigenvalue weighted by Crippen LogP contribution is 2.40. The number of benzene rings is 2. The minimum atomic E-state index is -4.75. The second-order valence-electron chi connectivity index (χ2n) is 8.60. The van der Waals surface area contributed by atoms with E-state index in [1.807, 2.05) is 36.0 Å². The number of rotatable bonds is 6. The van der Waals surface area contributed by atoms with Crippen molar-refractivity contribution in [3.05, 3.63) is 83.3 Å². The number of nitrogens with zero attached hydrogens (tertiary/aromatic N) is 2. The molecule has 0 atom stereocenters. The Morgan fingerprint density at radius 1 is 1.15 bits per heavy atom. The van der Waals surface area contributed by atoms with Gasteiger partial charge in [0.1, 0.15) is 5.75 Å². The molecule has 5 rings (SSSR count). The molecule has 1 fully saturated rings. The van der Waals surface area contributed by atoms with Gasteiger partial charge in [0.15, 0.2) is 0 Å². The molecule has 0 unspecified atom stereocenters. The van der Waals surface area contributed by atoms with E-state index >= 15 is 0 Å². The van der Waals surface area contributed by atoms with Crippen LogP contribution < -0.4 is 4.74 Å². The van der Waals surface area contributed by atoms with Gasteiger partial charge >= 0.3 is 12.3 Å². The molecule has 1 saturated carbocycles. The third kappa shape index (κ3) is 4.48. The van der Waals surface area contributed by atoms with Crippen molar-refractivity contribution in [2.45, 2.75) is 31.5 Å². The number of halogens is 3. The Morgan fingerprint density at radius 2 is 1.88 bits per heavy atom. The average molecular weight is 466 g/mol. The Bertz CT molecular complexity index is 1390. The van der Waals surface area contributed by atoms with E-state index in [0.29, 0.717) is 18.0 Å². The number of fused-ring (bicyclic) bond motifs is 1. The molecule has 5 nitrogen and oxygen atoms in total. The van der Waals surface area contributed by atoms with Crippen molar-refractivity contribution in [2.24, 2.45) is 7.05 Å². The molecule has 0 radical (unpaired) electrons. The maximum absolute atomic E-state index is 12.5. The maximum Gasteiger partial charge on any atom is 0.573 e. The van der Waals surface area contributed by atoms with Gasteiger partial charge in [0.05, 0.1) is 16.8 Å². The predicted octanol–water partition coefficient (Wildman–Crippen LogP) is 6.31. The van der Waals surface area contributed by atoms with Gasteiger partial charge in [-0.1, -0.05) is 12.1 Å². The van der Waals surface area contributed by atoms with Crippen molar-refractivity contribution in [2.75, 3.05) is 0 Å². The van der Waals surface area contributed by atoms with Gasteiger partial charge in [-0.3, -0.25) is 4.98 Å². The molecule has 0 spiro atoms. The summed E-state index contributed by atoms with van der Waals surface area (Å²) in [6.07, 6.45) is 1.35. The number of hydrogen-bond donors (Lipinski definition) is 1. The third-order valence-electron chi connectivity index (χ3n) is 6.07. The van der Waals surface area contributed by atoms with Crippen LogP contribution in [0, 0.1) is 0 Å². The Balaban J connectivity index is 1.54. The number of pyridine rings is 1. The summed E-state index contributed by atoms with van der Waals surface area (Å²) < 4.78 is 43.5. The number of carboxylic acid groups (broad SMARTS) is 1. The van der Waals surface area contributed by atoms with Gasteiger partial charge in [0, 0.05) is 36.8 Å². The van der Waals surface area contributed by atoms with E-state index in [2.05, 4.69) is 9.72 Å². The van der Waals surface area contributed by atoms with E-state index in [9.17, 15) is 23.1 Å². The molecule has 0 saturated heterocycles. The third-order valence-corrected chi connectivity index (χ3v) is 6.07. The van der Waals surface area contributed by atoms with Crippen molar-refractivity contribution in [3.63, 3.8) is 0 Å². The molecule has 0 bridgehead atoms. The molecule has 4 aromatic rings. The molecule has 2 aromatic heterocycles. The van der Waals surface area contributed by atoms with Crippen molar-refractivity contribution in [1.82, 2.24) is 9.55 Å². The van der Waals surface area contributed by atoms with Crippen LogP contribution in [0.3, 0.4) is 0 Å². The van der Waals surface area contributed by atoms with Gasteiger partial charge in [0.25, 0.3) is 0 Å². The highest BCUT2D eigenvalue weighted by molar-refractivity contribution is 5.96. The molecule has 2 aromatic carbocycles. The molecule has 1 aliphatic carbocycles. The summed E-state index contributed by atoms with van der Waals surface area (Å²) in [7, 11) is 1.90. The monoisotopic (exact) mass is 466 g/mol. The summed E-state index contributed by atoms with van der Waals surface area (Å²) in [4.78, 5) is 16.4. The summed E-state index contributed by atoms with van der Waals surface area (Å²) in [5.41, 5.74) is 4.97. The van der Waals surface area contributed by atoms with Gasteiger partial charge in [-0.05, 0) is 71.8 Å². The van der Waals surface area contributed by atoms with Crippen LogP contribution in [0.1, 0.15) is 45.9 Å². The van der Waals surface area contributed by atoms with Crippen LogP contribution in [0.25, 0.3) is 22.0 Å². The Labute approximate surface area is 193 Å². The fourth-order valence-corrected chi connectivity index (χ4v) is 4.33. The minimum absolute atomic E-state index is 0.202. The molecule has 0 amide bonds. The number of hydrogen-bond acceptors (Lipinski definition) is 3. The lowest BCUT2D eigenvalue weighted by Crippen LogP contribution is -2.16. The SMILES string of the molecule is Cn1ccc2cc(Cc3ncc(C4CC4)cc3C(=O)O)cc(-c3ccc(OC(F)(F)F)cc3)c21. The fraction of sp³-hybridized carbons (Fsp3) is 0.231. The Hall–Kier alpha value is -3.81. The summed E-state index contributed by atoms with van der Waals surface area (Å²) in [5, 5.41) is 10.7. The quantitative estimate of drug-likeness (QED) is 0.362. The van der Waals surface area contributed by atoms with Crippen LogP contribution in [0.5, 0.6) is 5.75 Å². The summed E-state index contributed by atoms with van der Waals surface area (Å²) >= 11 is 0. The van der Waals surface area contributed by atoms with Crippen molar-refractivity contribution in [3.8, 4) is 16.9 Å². The second kappa shape index (κ2) is 8.20. The largest absolute Gasteiger partial charge is 0.573 e. The molecule has 174 valence electrons. The lowest BCUT2D eigenvalue weighted by molar-refractivity contribution is -0.274. The Kier molecular flexibility index (Phi) is 5.31. The predicted molar refractivity (Wildman–Crippen MR) is 121 cm³/mol. The number of aromatic carboxylic acids is 1. The van der Waals surface area contributed by atoms with Crippen molar-refractivity contribution < 1.29 is 27.8 Å². The number of carboxylic acids is 1. The molecule has 1 N–H and O–H groups in total. The van der Waals surface area contributed by atoms with Crippen molar-refractivity contribution in [1.29, 1.82) is 0 Å². The summed E-state index contributed by atoms with van der Waals surface area (Å²) in [6, 6.07) is 13.3. The van der Waals surface area contributed by atoms with E-state index in [4.69, 9.17) is 0 Å². The second-order valence-corrected chi connectivity index (χ2v) is 8.60. The number of aromatic nitrogens is 2. The van der Waals surface area contributed by atoms with E-state index in [-0.39, 0.29) is 11.3 Å². The van der Waals surface area contributed by atoms with Gasteiger partial charge in [0.2, 0.25) is 0 Å². The number of carbonyl (C=O) groups is 1. The van der Waals surface area contributed by atoms with E-state index in [1.54, 1.807) is 24.4 Å². The van der Waals surface area contributed by atoms with Gasteiger partial charge in [-0.2, -0.15) is 0 Å². The van der Waals surface area contributed by atoms with Crippen LogP contribution in [0.15, 0.2) is 60.9 Å². The number of alkyl halides is 3. The highest BCUT2D eigenvalue weighted by Gasteiger charge is 2.31. The highest BCUT2D eigenvalue weighted by atomic mass is 19.4. The molecule has 8 heteroatoms. The van der Waals surface area contributed by atoms with E-state index < -0.39 is 12.3 Å². The first kappa shape index (κ1) is 22.0. The standard InChI is InChI=1S/C26H21F3N2O3/c1-31-9-8-18-10-15(12-23-22(25(32)33)13-19(14-30-23)16-2-3-16)11-21(24(18)31)17-4-6-20(7-5-17)34-26(27,28)29/h4-11,13-14,16H,2-3,12H2,1H3,(H,32,33). The first-order chi connectivity index (χ1) is 16.2. The van der Waals surface area contributed by atoms with Crippen molar-refractivity contribution >= 4 is 16.9 Å². The first-order valence-corrected chi connectivity index (χ1v) is 10.8. The minimum Gasteiger partial charge on any atom is -0.478 e. The number of aryl methyl sites for hydroxylation is 1. The van der Waals surface area contributed by atoms with Gasteiger partial charge in [-0.25, -0.2) is 4.79 Å². The normalized spacial score (nSPS) is 13.9.